The van der Waals surface area contributed by atoms with Gasteiger partial charge in [-0.25, -0.2) is 4.98 Å². The highest BCUT2D eigenvalue weighted by Crippen LogP contribution is 2.46. The fourth-order valence-corrected chi connectivity index (χ4v) is 3.42. The van der Waals surface area contributed by atoms with Gasteiger partial charge < -0.3 is 14.6 Å². The zero-order chi connectivity index (χ0) is 16.7. The molecule has 1 aliphatic rings. The van der Waals surface area contributed by atoms with Crippen LogP contribution < -0.4 is 5.32 Å². The van der Waals surface area contributed by atoms with Crippen molar-refractivity contribution in [1.82, 2.24) is 15.2 Å². The van der Waals surface area contributed by atoms with Gasteiger partial charge in [0.15, 0.2) is 5.96 Å². The van der Waals surface area contributed by atoms with E-state index in [1.165, 1.54) is 0 Å². The maximum Gasteiger partial charge on any atom is 0.236 e. The lowest BCUT2D eigenvalue weighted by molar-refractivity contribution is -0.0668. The predicted molar refractivity (Wildman–Crippen MR) is 110 cm³/mol. The Morgan fingerprint density at radius 2 is 2.17 bits per heavy atom. The van der Waals surface area contributed by atoms with E-state index in [0.29, 0.717) is 12.4 Å². The third-order valence-electron chi connectivity index (χ3n) is 5.06. The molecule has 0 amide bonds. The Morgan fingerprint density at radius 1 is 1.42 bits per heavy atom. The largest absolute Gasteiger partial charge is 0.443 e. The second kappa shape index (κ2) is 7.03. The molecule has 0 aromatic carbocycles. The van der Waals surface area contributed by atoms with Crippen LogP contribution in [0.25, 0.3) is 10.8 Å². The molecule has 2 aromatic heterocycles. The van der Waals surface area contributed by atoms with Gasteiger partial charge in [0.05, 0.1) is 17.1 Å². The maximum absolute atomic E-state index is 5.56. The van der Waals surface area contributed by atoms with Crippen molar-refractivity contribution in [2.24, 2.45) is 10.4 Å². The second-order valence-electron chi connectivity index (χ2n) is 7.05. The first-order chi connectivity index (χ1) is 10.8. The average molecular weight is 460 g/mol. The summed E-state index contributed by atoms with van der Waals surface area (Å²) in [7, 11) is 1.82. The average Bonchev–Trinajstić information content (AvgIpc) is 3.17. The zero-order valence-electron chi connectivity index (χ0n) is 14.8. The number of guanidine groups is 1. The van der Waals surface area contributed by atoms with Crippen molar-refractivity contribution < 1.29 is 4.42 Å². The minimum Gasteiger partial charge on any atom is -0.443 e. The van der Waals surface area contributed by atoms with Crippen molar-refractivity contribution in [1.29, 1.82) is 0 Å². The molecule has 0 atom stereocenters. The molecule has 0 saturated carbocycles. The van der Waals surface area contributed by atoms with Crippen LogP contribution in [-0.4, -0.2) is 35.0 Å². The molecule has 24 heavy (non-hydrogen) atoms. The van der Waals surface area contributed by atoms with E-state index in [4.69, 9.17) is 4.42 Å². The summed E-state index contributed by atoms with van der Waals surface area (Å²) in [4.78, 5) is 12.3. The molecule has 5 nitrogen and oxygen atoms in total. The first-order valence-corrected chi connectivity index (χ1v) is 8.70. The van der Waals surface area contributed by atoms with E-state index in [-0.39, 0.29) is 34.9 Å². The number of thiophene rings is 1. The van der Waals surface area contributed by atoms with E-state index in [0.717, 1.165) is 23.1 Å². The lowest BCUT2D eigenvalue weighted by Gasteiger charge is -2.62. The van der Waals surface area contributed by atoms with Gasteiger partial charge in [-0.2, -0.15) is 0 Å². The summed E-state index contributed by atoms with van der Waals surface area (Å²) in [6.07, 6.45) is 1.71. The number of likely N-dealkylation sites (tertiary alicyclic amines) is 1. The van der Waals surface area contributed by atoms with E-state index in [1.807, 2.05) is 24.6 Å². The Morgan fingerprint density at radius 3 is 2.71 bits per heavy atom. The van der Waals surface area contributed by atoms with Crippen LogP contribution in [0, 0.1) is 5.41 Å². The second-order valence-corrected chi connectivity index (χ2v) is 8.00. The molecule has 1 fully saturated rings. The number of oxazole rings is 1. The lowest BCUT2D eigenvalue weighted by Crippen LogP contribution is -2.72. The number of nitrogens with one attached hydrogen (secondary N) is 1. The minimum absolute atomic E-state index is 0. The van der Waals surface area contributed by atoms with Crippen LogP contribution in [0.5, 0.6) is 0 Å². The van der Waals surface area contributed by atoms with Crippen molar-refractivity contribution in [2.45, 2.75) is 39.8 Å². The number of aromatic nitrogens is 1. The number of rotatable bonds is 3. The summed E-state index contributed by atoms with van der Waals surface area (Å²) >= 11 is 1.63. The van der Waals surface area contributed by atoms with E-state index in [1.54, 1.807) is 17.6 Å². The molecular formula is C17H25IN4OS. The number of nitrogens with zero attached hydrogens (tertiary/aromatic N) is 3. The highest BCUT2D eigenvalue weighted by Gasteiger charge is 2.53. The Bertz CT molecular complexity index is 706. The van der Waals surface area contributed by atoms with Crippen molar-refractivity contribution in [2.75, 3.05) is 13.6 Å². The lowest BCUT2D eigenvalue weighted by atomic mass is 9.65. The molecule has 0 radical (unpaired) electrons. The standard InChI is InChI=1S/C17H24N4OS.HI/c1-16(2)11-21(17(16,3)4)15(18-5)19-9-12-10-22-14(20-12)13-7-6-8-23-13;/h6-8,10H,9,11H2,1-5H3,(H,18,19);1H. The van der Waals surface area contributed by atoms with Gasteiger partial charge in [0.25, 0.3) is 0 Å². The summed E-state index contributed by atoms with van der Waals surface area (Å²) in [5.41, 5.74) is 1.25. The molecule has 132 valence electrons. The predicted octanol–water partition coefficient (Wildman–Crippen LogP) is 4.22. The number of halogens is 1. The molecule has 0 bridgehead atoms. The Hall–Kier alpha value is -1.09. The van der Waals surface area contributed by atoms with Crippen molar-refractivity contribution in [3.8, 4) is 10.8 Å². The molecule has 1 saturated heterocycles. The van der Waals surface area contributed by atoms with Gasteiger partial charge in [-0.05, 0) is 25.3 Å². The zero-order valence-corrected chi connectivity index (χ0v) is 17.9. The Kier molecular flexibility index (Phi) is 5.64. The first-order valence-electron chi connectivity index (χ1n) is 7.82. The Balaban J connectivity index is 0.00000208. The summed E-state index contributed by atoms with van der Waals surface area (Å²) in [5.74, 6) is 1.59. The summed E-state index contributed by atoms with van der Waals surface area (Å²) in [6, 6.07) is 4.01. The van der Waals surface area contributed by atoms with Gasteiger partial charge >= 0.3 is 0 Å². The van der Waals surface area contributed by atoms with E-state index >= 15 is 0 Å². The molecule has 7 heteroatoms. The molecule has 0 aliphatic carbocycles. The highest BCUT2D eigenvalue weighted by atomic mass is 127. The topological polar surface area (TPSA) is 53.7 Å². The number of aliphatic imine (C=N–C) groups is 1. The quantitative estimate of drug-likeness (QED) is 0.424. The van der Waals surface area contributed by atoms with Crippen LogP contribution in [0.3, 0.4) is 0 Å². The minimum atomic E-state index is 0. The Labute approximate surface area is 164 Å². The van der Waals surface area contributed by atoms with Crippen molar-refractivity contribution in [3.05, 3.63) is 29.5 Å². The summed E-state index contributed by atoms with van der Waals surface area (Å²) in [5, 5.41) is 5.42. The van der Waals surface area contributed by atoms with Gasteiger partial charge in [-0.15, -0.1) is 35.3 Å². The van der Waals surface area contributed by atoms with Crippen LogP contribution in [0.4, 0.5) is 0 Å². The summed E-state index contributed by atoms with van der Waals surface area (Å²) < 4.78 is 5.56. The van der Waals surface area contributed by atoms with Crippen LogP contribution >= 0.6 is 35.3 Å². The van der Waals surface area contributed by atoms with E-state index in [2.05, 4.69) is 47.9 Å². The first kappa shape index (κ1) is 19.2. The number of hydrogen-bond donors (Lipinski definition) is 1. The van der Waals surface area contributed by atoms with Gasteiger partial charge in [0.2, 0.25) is 5.89 Å². The molecule has 3 rings (SSSR count). The van der Waals surface area contributed by atoms with E-state index < -0.39 is 0 Å². The van der Waals surface area contributed by atoms with Gasteiger partial charge in [0, 0.05) is 24.5 Å². The number of hydrogen-bond acceptors (Lipinski definition) is 4. The van der Waals surface area contributed by atoms with Crippen LogP contribution in [0.1, 0.15) is 33.4 Å². The van der Waals surface area contributed by atoms with Crippen LogP contribution in [-0.2, 0) is 6.54 Å². The fraction of sp³-hybridized carbons (Fsp3) is 0.529. The molecule has 1 N–H and O–H groups in total. The van der Waals surface area contributed by atoms with Gasteiger partial charge in [0.1, 0.15) is 6.26 Å². The smallest absolute Gasteiger partial charge is 0.236 e. The third kappa shape index (κ3) is 3.33. The highest BCUT2D eigenvalue weighted by molar-refractivity contribution is 14.0. The van der Waals surface area contributed by atoms with Gasteiger partial charge in [-0.3, -0.25) is 4.99 Å². The van der Waals surface area contributed by atoms with Gasteiger partial charge in [-0.1, -0.05) is 19.9 Å². The molecule has 0 spiro atoms. The molecule has 0 unspecified atom stereocenters. The molecular weight excluding hydrogens is 435 g/mol. The molecule has 2 aromatic rings. The fourth-order valence-electron chi connectivity index (χ4n) is 2.77. The van der Waals surface area contributed by atoms with Crippen molar-refractivity contribution in [3.63, 3.8) is 0 Å². The monoisotopic (exact) mass is 460 g/mol. The molecule has 3 heterocycles. The maximum atomic E-state index is 5.56. The van der Waals surface area contributed by atoms with Crippen LogP contribution in [0.2, 0.25) is 0 Å². The SMILES string of the molecule is CN=C(NCc1coc(-c2cccs2)n1)N1CC(C)(C)C1(C)C.I. The normalized spacial score (nSPS) is 18.7. The third-order valence-corrected chi connectivity index (χ3v) is 5.92. The van der Waals surface area contributed by atoms with Crippen molar-refractivity contribution >= 4 is 41.3 Å². The molecule has 1 aliphatic heterocycles. The summed E-state index contributed by atoms with van der Waals surface area (Å²) in [6.45, 7) is 10.7. The van der Waals surface area contributed by atoms with E-state index in [9.17, 15) is 0 Å². The van der Waals surface area contributed by atoms with Crippen LogP contribution in [0.15, 0.2) is 33.2 Å².